The Morgan fingerprint density at radius 3 is 2.43 bits per heavy atom. The average Bonchev–Trinajstić information content (AvgIpc) is 2.35. The summed E-state index contributed by atoms with van der Waals surface area (Å²) in [7, 11) is 0. The molecule has 1 rings (SSSR count). The molecular formula is C14H18N2O5. The first kappa shape index (κ1) is 16.6. The Bertz CT molecular complexity index is 530. The van der Waals surface area contributed by atoms with Crippen molar-refractivity contribution in [2.75, 3.05) is 25.0 Å². The van der Waals surface area contributed by atoms with Gasteiger partial charge in [-0.25, -0.2) is 0 Å². The number of nitrogens with one attached hydrogen (secondary N) is 1. The molecule has 3 N–H and O–H groups in total. The minimum atomic E-state index is -1.11. The molecule has 7 nitrogen and oxygen atoms in total. The number of anilines is 1. The highest BCUT2D eigenvalue weighted by molar-refractivity contribution is 5.92. The number of carboxylic acid groups (broad SMARTS) is 2. The Hall–Kier alpha value is -2.41. The zero-order chi connectivity index (χ0) is 15.8. The van der Waals surface area contributed by atoms with Crippen LogP contribution < -0.4 is 5.32 Å². The summed E-state index contributed by atoms with van der Waals surface area (Å²) in [5.41, 5.74) is 1.61. The molecule has 0 aliphatic rings. The lowest BCUT2D eigenvalue weighted by molar-refractivity contribution is -0.141. The van der Waals surface area contributed by atoms with Gasteiger partial charge in [0.1, 0.15) is 0 Å². The highest BCUT2D eigenvalue weighted by Gasteiger charge is 2.15. The second kappa shape index (κ2) is 8.01. The Balaban J connectivity index is 2.58. The van der Waals surface area contributed by atoms with Gasteiger partial charge in [0, 0.05) is 12.2 Å². The van der Waals surface area contributed by atoms with Gasteiger partial charge in [-0.1, -0.05) is 12.1 Å². The lowest BCUT2D eigenvalue weighted by Gasteiger charge is -2.18. The van der Waals surface area contributed by atoms with Crippen LogP contribution >= 0.6 is 0 Å². The summed E-state index contributed by atoms with van der Waals surface area (Å²) in [6.07, 6.45) is -0.217. The molecule has 0 aliphatic carbocycles. The van der Waals surface area contributed by atoms with Crippen molar-refractivity contribution in [3.8, 4) is 0 Å². The number of aliphatic carboxylic acids is 2. The molecule has 0 heterocycles. The molecule has 0 saturated heterocycles. The van der Waals surface area contributed by atoms with Crippen LogP contribution in [-0.4, -0.2) is 52.6 Å². The van der Waals surface area contributed by atoms with Gasteiger partial charge in [-0.15, -0.1) is 0 Å². The van der Waals surface area contributed by atoms with Crippen LogP contribution in [0.3, 0.4) is 0 Å². The third-order valence-electron chi connectivity index (χ3n) is 2.67. The van der Waals surface area contributed by atoms with E-state index in [2.05, 4.69) is 5.32 Å². The molecule has 21 heavy (non-hydrogen) atoms. The third-order valence-corrected chi connectivity index (χ3v) is 2.67. The van der Waals surface area contributed by atoms with Gasteiger partial charge in [0.05, 0.1) is 19.5 Å². The van der Waals surface area contributed by atoms with E-state index >= 15 is 0 Å². The average molecular weight is 294 g/mol. The summed E-state index contributed by atoms with van der Waals surface area (Å²) in [5, 5.41) is 20.0. The van der Waals surface area contributed by atoms with Crippen molar-refractivity contribution >= 4 is 23.5 Å². The molecule has 0 saturated carbocycles. The van der Waals surface area contributed by atoms with E-state index in [0.717, 1.165) is 5.56 Å². The van der Waals surface area contributed by atoms with Crippen molar-refractivity contribution < 1.29 is 24.6 Å². The van der Waals surface area contributed by atoms with Crippen molar-refractivity contribution in [3.63, 3.8) is 0 Å². The van der Waals surface area contributed by atoms with Gasteiger partial charge in [0.2, 0.25) is 5.91 Å². The SMILES string of the molecule is Cc1cccc(NC(=O)CN(CCC(=O)O)CC(=O)O)c1. The van der Waals surface area contributed by atoms with Crippen molar-refractivity contribution in [2.45, 2.75) is 13.3 Å². The number of rotatable bonds is 8. The van der Waals surface area contributed by atoms with Crippen LogP contribution in [0, 0.1) is 6.92 Å². The van der Waals surface area contributed by atoms with E-state index in [1.807, 2.05) is 13.0 Å². The summed E-state index contributed by atoms with van der Waals surface area (Å²) < 4.78 is 0. The molecule has 0 atom stereocenters. The molecule has 0 spiro atoms. The smallest absolute Gasteiger partial charge is 0.317 e. The van der Waals surface area contributed by atoms with Gasteiger partial charge in [0.25, 0.3) is 0 Å². The van der Waals surface area contributed by atoms with E-state index in [9.17, 15) is 14.4 Å². The lowest BCUT2D eigenvalue weighted by Crippen LogP contribution is -2.38. The number of hydrogen-bond donors (Lipinski definition) is 3. The molecule has 0 fully saturated rings. The van der Waals surface area contributed by atoms with E-state index in [0.29, 0.717) is 5.69 Å². The van der Waals surface area contributed by atoms with Crippen molar-refractivity contribution in [1.29, 1.82) is 0 Å². The maximum Gasteiger partial charge on any atom is 0.317 e. The monoisotopic (exact) mass is 294 g/mol. The molecule has 0 bridgehead atoms. The maximum atomic E-state index is 11.9. The van der Waals surface area contributed by atoms with E-state index in [-0.39, 0.29) is 32.0 Å². The number of carbonyl (C=O) groups is 3. The highest BCUT2D eigenvalue weighted by Crippen LogP contribution is 2.09. The highest BCUT2D eigenvalue weighted by atomic mass is 16.4. The van der Waals surface area contributed by atoms with Crippen molar-refractivity contribution in [1.82, 2.24) is 4.90 Å². The lowest BCUT2D eigenvalue weighted by atomic mass is 10.2. The van der Waals surface area contributed by atoms with Crippen molar-refractivity contribution in [2.24, 2.45) is 0 Å². The molecule has 0 radical (unpaired) electrons. The topological polar surface area (TPSA) is 107 Å². The summed E-state index contributed by atoms with van der Waals surface area (Å²) in [4.78, 5) is 34.4. The molecule has 1 aromatic rings. The molecule has 114 valence electrons. The predicted molar refractivity (Wildman–Crippen MR) is 76.1 cm³/mol. The summed E-state index contributed by atoms with van der Waals surface area (Å²) in [6.45, 7) is 1.34. The van der Waals surface area contributed by atoms with Gasteiger partial charge in [0.15, 0.2) is 0 Å². The molecule has 0 aliphatic heterocycles. The largest absolute Gasteiger partial charge is 0.481 e. The number of carbonyl (C=O) groups excluding carboxylic acids is 1. The summed E-state index contributed by atoms with van der Waals surface area (Å²) in [6, 6.07) is 7.20. The number of amides is 1. The Labute approximate surface area is 122 Å². The van der Waals surface area contributed by atoms with Crippen LogP contribution in [0.2, 0.25) is 0 Å². The quantitative estimate of drug-likeness (QED) is 0.654. The summed E-state index contributed by atoms with van der Waals surface area (Å²) >= 11 is 0. The minimum absolute atomic E-state index is 0.00285. The van der Waals surface area contributed by atoms with Gasteiger partial charge < -0.3 is 15.5 Å². The van der Waals surface area contributed by atoms with Crippen LogP contribution in [0.15, 0.2) is 24.3 Å². The molecule has 1 aromatic carbocycles. The fourth-order valence-corrected chi connectivity index (χ4v) is 1.79. The standard InChI is InChI=1S/C14H18N2O5/c1-10-3-2-4-11(7-10)15-12(17)8-16(9-14(20)21)6-5-13(18)19/h2-4,7H,5-6,8-9H2,1H3,(H,15,17)(H,18,19)(H,20,21). The number of nitrogens with zero attached hydrogens (tertiary/aromatic N) is 1. The first-order valence-corrected chi connectivity index (χ1v) is 6.39. The first-order chi connectivity index (χ1) is 9.86. The Morgan fingerprint density at radius 1 is 1.14 bits per heavy atom. The predicted octanol–water partition coefficient (Wildman–Crippen LogP) is 0.795. The number of hydrogen-bond acceptors (Lipinski definition) is 4. The zero-order valence-electron chi connectivity index (χ0n) is 11.7. The second-order valence-corrected chi connectivity index (χ2v) is 4.67. The fraction of sp³-hybridized carbons (Fsp3) is 0.357. The van der Waals surface area contributed by atoms with Crippen molar-refractivity contribution in [3.05, 3.63) is 29.8 Å². The normalized spacial score (nSPS) is 10.4. The molecule has 0 unspecified atom stereocenters. The van der Waals surface area contributed by atoms with Gasteiger partial charge in [-0.05, 0) is 24.6 Å². The number of benzene rings is 1. The van der Waals surface area contributed by atoms with Gasteiger partial charge in [-0.2, -0.15) is 0 Å². The van der Waals surface area contributed by atoms with Gasteiger partial charge >= 0.3 is 11.9 Å². The second-order valence-electron chi connectivity index (χ2n) is 4.67. The van der Waals surface area contributed by atoms with Crippen LogP contribution in [-0.2, 0) is 14.4 Å². The number of aryl methyl sites for hydroxylation is 1. The number of carboxylic acids is 2. The fourth-order valence-electron chi connectivity index (χ4n) is 1.79. The zero-order valence-corrected chi connectivity index (χ0v) is 11.7. The van der Waals surface area contributed by atoms with E-state index in [1.54, 1.807) is 18.2 Å². The van der Waals surface area contributed by atoms with Crippen LogP contribution in [0.1, 0.15) is 12.0 Å². The van der Waals surface area contributed by atoms with E-state index in [1.165, 1.54) is 4.90 Å². The third kappa shape index (κ3) is 7.07. The van der Waals surface area contributed by atoms with E-state index in [4.69, 9.17) is 10.2 Å². The maximum absolute atomic E-state index is 11.9. The summed E-state index contributed by atoms with van der Waals surface area (Å²) in [5.74, 6) is -2.53. The molecular weight excluding hydrogens is 276 g/mol. The van der Waals surface area contributed by atoms with E-state index < -0.39 is 11.9 Å². The van der Waals surface area contributed by atoms with Crippen LogP contribution in [0.25, 0.3) is 0 Å². The van der Waals surface area contributed by atoms with Crippen LogP contribution in [0.5, 0.6) is 0 Å². The minimum Gasteiger partial charge on any atom is -0.481 e. The van der Waals surface area contributed by atoms with Crippen LogP contribution in [0.4, 0.5) is 5.69 Å². The Morgan fingerprint density at radius 2 is 1.86 bits per heavy atom. The van der Waals surface area contributed by atoms with Gasteiger partial charge in [-0.3, -0.25) is 19.3 Å². The first-order valence-electron chi connectivity index (χ1n) is 6.39. The molecule has 7 heteroatoms. The molecule has 0 aromatic heterocycles. The Kier molecular flexibility index (Phi) is 6.35. The molecule has 1 amide bonds.